The molecule has 0 heterocycles. The Kier molecular flexibility index (Phi) is 6.99. The number of rotatable bonds is 6. The zero-order valence-electron chi connectivity index (χ0n) is 25.4. The molecular formula is C44H38. The van der Waals surface area contributed by atoms with Gasteiger partial charge in [0, 0.05) is 0 Å². The Labute approximate surface area is 262 Å². The molecule has 0 fully saturated rings. The average molecular weight is 567 g/mol. The lowest BCUT2D eigenvalue weighted by Gasteiger charge is -2.32. The standard InChI is InChI=1S/C44H38/c1-30(44-29-36-11-3-5-13-39(36)42-16-8-9-17-43(42)44)32-24-26-34(27-25-32)33-21-18-31(19-22-33)20-23-37-28-35-10-2-4-12-38(35)41-15-7-6-14-40(37)41/h2-19,21-22,24-27,30,37,44H,20,23,28-29H2,1H3. The van der Waals surface area contributed by atoms with Crippen molar-refractivity contribution in [2.45, 2.75) is 50.4 Å². The summed E-state index contributed by atoms with van der Waals surface area (Å²) < 4.78 is 0. The highest BCUT2D eigenvalue weighted by Crippen LogP contribution is 2.46. The predicted octanol–water partition coefficient (Wildman–Crippen LogP) is 11.4. The van der Waals surface area contributed by atoms with E-state index in [0.717, 1.165) is 19.3 Å². The fraction of sp³-hybridized carbons (Fsp3) is 0.182. The van der Waals surface area contributed by atoms with Crippen LogP contribution in [0, 0.1) is 0 Å². The fourth-order valence-corrected chi connectivity index (χ4v) is 7.93. The van der Waals surface area contributed by atoms with Crippen LogP contribution in [-0.2, 0) is 19.3 Å². The summed E-state index contributed by atoms with van der Waals surface area (Å²) in [6, 6.07) is 54.6. The minimum Gasteiger partial charge on any atom is -0.0620 e. The summed E-state index contributed by atoms with van der Waals surface area (Å²) in [5, 5.41) is 0. The average Bonchev–Trinajstić information content (AvgIpc) is 3.10. The molecule has 2 aliphatic rings. The lowest BCUT2D eigenvalue weighted by atomic mass is 9.72. The Morgan fingerprint density at radius 1 is 0.500 bits per heavy atom. The maximum absolute atomic E-state index is 2.41. The largest absolute Gasteiger partial charge is 0.0620 e. The summed E-state index contributed by atoms with van der Waals surface area (Å²) in [5.41, 5.74) is 17.0. The van der Waals surface area contributed by atoms with Crippen LogP contribution in [-0.4, -0.2) is 0 Å². The van der Waals surface area contributed by atoms with Gasteiger partial charge in [0.25, 0.3) is 0 Å². The van der Waals surface area contributed by atoms with E-state index in [1.54, 1.807) is 0 Å². The first-order chi connectivity index (χ1) is 21.7. The van der Waals surface area contributed by atoms with Gasteiger partial charge in [-0.05, 0) is 110 Å². The van der Waals surface area contributed by atoms with Gasteiger partial charge < -0.3 is 0 Å². The highest BCUT2D eigenvalue weighted by atomic mass is 14.3. The summed E-state index contributed by atoms with van der Waals surface area (Å²) in [7, 11) is 0. The molecule has 0 N–H and O–H groups in total. The van der Waals surface area contributed by atoms with E-state index in [1.807, 2.05) is 0 Å². The monoisotopic (exact) mass is 566 g/mol. The molecule has 3 atom stereocenters. The molecule has 0 heteroatoms. The van der Waals surface area contributed by atoms with Crippen LogP contribution in [0.3, 0.4) is 0 Å². The van der Waals surface area contributed by atoms with Gasteiger partial charge in [-0.3, -0.25) is 0 Å². The van der Waals surface area contributed by atoms with Crippen LogP contribution >= 0.6 is 0 Å². The molecule has 0 spiro atoms. The summed E-state index contributed by atoms with van der Waals surface area (Å²) in [6.07, 6.45) is 4.50. The first-order valence-electron chi connectivity index (χ1n) is 16.3. The van der Waals surface area contributed by atoms with Gasteiger partial charge >= 0.3 is 0 Å². The van der Waals surface area contributed by atoms with Crippen LogP contribution in [0.1, 0.15) is 64.5 Å². The van der Waals surface area contributed by atoms with Crippen LogP contribution in [0.5, 0.6) is 0 Å². The van der Waals surface area contributed by atoms with Crippen molar-refractivity contribution in [3.8, 4) is 33.4 Å². The molecule has 0 saturated carbocycles. The number of fused-ring (bicyclic) bond motifs is 6. The topological polar surface area (TPSA) is 0 Å². The Bertz CT molecular complexity index is 1930. The van der Waals surface area contributed by atoms with Crippen molar-refractivity contribution >= 4 is 0 Å². The van der Waals surface area contributed by atoms with Gasteiger partial charge in [-0.15, -0.1) is 0 Å². The van der Waals surface area contributed by atoms with Crippen molar-refractivity contribution in [2.24, 2.45) is 0 Å². The van der Waals surface area contributed by atoms with Crippen molar-refractivity contribution in [3.05, 3.63) is 179 Å². The third kappa shape index (κ3) is 4.89. The molecular weight excluding hydrogens is 528 g/mol. The lowest BCUT2D eigenvalue weighted by molar-refractivity contribution is 0.568. The van der Waals surface area contributed by atoms with Crippen molar-refractivity contribution in [3.63, 3.8) is 0 Å². The van der Waals surface area contributed by atoms with Gasteiger partial charge in [0.05, 0.1) is 0 Å². The molecule has 0 nitrogen and oxygen atoms in total. The van der Waals surface area contributed by atoms with Gasteiger partial charge in [-0.2, -0.15) is 0 Å². The summed E-state index contributed by atoms with van der Waals surface area (Å²) in [6.45, 7) is 2.41. The van der Waals surface area contributed by atoms with E-state index >= 15 is 0 Å². The van der Waals surface area contributed by atoms with E-state index in [4.69, 9.17) is 0 Å². The Morgan fingerprint density at radius 2 is 1.00 bits per heavy atom. The molecule has 0 saturated heterocycles. The van der Waals surface area contributed by atoms with Gasteiger partial charge in [0.1, 0.15) is 0 Å². The first kappa shape index (κ1) is 26.9. The van der Waals surface area contributed by atoms with E-state index in [1.165, 1.54) is 73.2 Å². The molecule has 3 unspecified atom stereocenters. The molecule has 6 aromatic carbocycles. The van der Waals surface area contributed by atoms with Crippen molar-refractivity contribution in [1.82, 2.24) is 0 Å². The second kappa shape index (κ2) is 11.4. The first-order valence-corrected chi connectivity index (χ1v) is 16.3. The summed E-state index contributed by atoms with van der Waals surface area (Å²) in [5.74, 6) is 1.49. The number of hydrogen-bond donors (Lipinski definition) is 0. The Balaban J connectivity index is 0.962. The molecule has 0 aliphatic heterocycles. The van der Waals surface area contributed by atoms with E-state index < -0.39 is 0 Å². The maximum atomic E-state index is 2.41. The maximum Gasteiger partial charge on any atom is -0.00489 e. The van der Waals surface area contributed by atoms with Crippen LogP contribution < -0.4 is 0 Å². The second-order valence-corrected chi connectivity index (χ2v) is 12.8. The number of hydrogen-bond acceptors (Lipinski definition) is 0. The molecule has 0 bridgehead atoms. The van der Waals surface area contributed by atoms with Crippen LogP contribution in [0.2, 0.25) is 0 Å². The predicted molar refractivity (Wildman–Crippen MR) is 185 cm³/mol. The van der Waals surface area contributed by atoms with E-state index in [-0.39, 0.29) is 0 Å². The summed E-state index contributed by atoms with van der Waals surface area (Å²) >= 11 is 0. The Hall–Kier alpha value is -4.68. The molecule has 44 heavy (non-hydrogen) atoms. The normalized spacial score (nSPS) is 17.1. The quantitative estimate of drug-likeness (QED) is 0.188. The van der Waals surface area contributed by atoms with E-state index in [2.05, 4.69) is 153 Å². The molecule has 0 aromatic heterocycles. The summed E-state index contributed by atoms with van der Waals surface area (Å²) in [4.78, 5) is 0. The van der Waals surface area contributed by atoms with Gasteiger partial charge in [-0.1, -0.05) is 153 Å². The fourth-order valence-electron chi connectivity index (χ4n) is 7.93. The smallest absolute Gasteiger partial charge is 0.00489 e. The minimum absolute atomic E-state index is 0.442. The van der Waals surface area contributed by atoms with E-state index in [9.17, 15) is 0 Å². The van der Waals surface area contributed by atoms with Crippen molar-refractivity contribution in [2.75, 3.05) is 0 Å². The van der Waals surface area contributed by atoms with Gasteiger partial charge in [0.15, 0.2) is 0 Å². The number of benzene rings is 6. The lowest BCUT2D eigenvalue weighted by Crippen LogP contribution is -2.17. The van der Waals surface area contributed by atoms with Gasteiger partial charge in [-0.25, -0.2) is 0 Å². The van der Waals surface area contributed by atoms with Crippen LogP contribution in [0.25, 0.3) is 33.4 Å². The zero-order chi connectivity index (χ0) is 29.5. The SMILES string of the molecule is CC(c1ccc(-c2ccc(CCC3Cc4ccccc4-c4ccccc43)cc2)cc1)C1Cc2ccccc2-c2ccccc21. The van der Waals surface area contributed by atoms with Crippen molar-refractivity contribution < 1.29 is 0 Å². The third-order valence-electron chi connectivity index (χ3n) is 10.4. The molecule has 0 amide bonds. The van der Waals surface area contributed by atoms with Gasteiger partial charge in [0.2, 0.25) is 0 Å². The zero-order valence-corrected chi connectivity index (χ0v) is 25.4. The van der Waals surface area contributed by atoms with Crippen molar-refractivity contribution in [1.29, 1.82) is 0 Å². The highest BCUT2D eigenvalue weighted by Gasteiger charge is 2.29. The van der Waals surface area contributed by atoms with Crippen LogP contribution in [0.15, 0.2) is 146 Å². The molecule has 214 valence electrons. The van der Waals surface area contributed by atoms with E-state index in [0.29, 0.717) is 17.8 Å². The molecule has 0 radical (unpaired) electrons. The Morgan fingerprint density at radius 3 is 1.66 bits per heavy atom. The van der Waals surface area contributed by atoms with Crippen LogP contribution in [0.4, 0.5) is 0 Å². The number of aryl methyl sites for hydroxylation is 1. The molecule has 6 aromatic rings. The second-order valence-electron chi connectivity index (χ2n) is 12.8. The molecule has 8 rings (SSSR count). The highest BCUT2D eigenvalue weighted by molar-refractivity contribution is 5.75. The molecule has 2 aliphatic carbocycles. The minimum atomic E-state index is 0.442. The third-order valence-corrected chi connectivity index (χ3v) is 10.4.